The highest BCUT2D eigenvalue weighted by atomic mass is 32.2. The maximum absolute atomic E-state index is 12.9. The van der Waals surface area contributed by atoms with Gasteiger partial charge in [-0.15, -0.1) is 0 Å². The average molecular weight is 568 g/mol. The van der Waals surface area contributed by atoms with Crippen molar-refractivity contribution in [3.05, 3.63) is 0 Å². The van der Waals surface area contributed by atoms with Crippen LogP contribution in [0.3, 0.4) is 0 Å². The maximum Gasteiger partial charge on any atom is 0.371 e. The molecule has 0 spiro atoms. The molecule has 0 aliphatic carbocycles. The van der Waals surface area contributed by atoms with Gasteiger partial charge in [-0.25, -0.2) is 14.4 Å². The van der Waals surface area contributed by atoms with Gasteiger partial charge in [0, 0.05) is 5.75 Å². The molecule has 1 atom stereocenters. The lowest BCUT2D eigenvalue weighted by Crippen LogP contribution is -2.51. The fraction of sp³-hybridized carbons (Fsp3) is 0.739. The molecule has 212 valence electrons. The molecule has 0 unspecified atom stereocenters. The van der Waals surface area contributed by atoms with Crippen molar-refractivity contribution in [2.45, 2.75) is 78.7 Å². The van der Waals surface area contributed by atoms with Crippen molar-refractivity contribution in [1.82, 2.24) is 5.32 Å². The Bertz CT molecular complexity index is 835. The van der Waals surface area contributed by atoms with Crippen molar-refractivity contribution >= 4 is 57.9 Å². The summed E-state index contributed by atoms with van der Waals surface area (Å²) in [7, 11) is 0. The number of ether oxygens (including phenoxy) is 5. The number of carbonyl (C=O) groups is 6. The van der Waals surface area contributed by atoms with E-state index in [0.717, 1.165) is 0 Å². The zero-order chi connectivity index (χ0) is 29.0. The second-order valence-corrected chi connectivity index (χ2v) is 12.3. The smallest absolute Gasteiger partial charge is 0.371 e. The molecule has 0 rings (SSSR count). The number of nitrogens with one attached hydrogen (secondary N) is 1. The van der Waals surface area contributed by atoms with E-state index in [9.17, 15) is 28.8 Å². The summed E-state index contributed by atoms with van der Waals surface area (Å²) in [5, 5.41) is 0.762. The third kappa shape index (κ3) is 15.4. The first-order valence-corrected chi connectivity index (χ1v) is 13.2. The molecular weight excluding hydrogens is 530 g/mol. The predicted octanol–water partition coefficient (Wildman–Crippen LogP) is 3.64. The quantitative estimate of drug-likeness (QED) is 0.207. The number of rotatable bonds is 12. The zero-order valence-corrected chi connectivity index (χ0v) is 24.3. The fourth-order valence-electron chi connectivity index (χ4n) is 1.96. The van der Waals surface area contributed by atoms with E-state index >= 15 is 0 Å². The topological polar surface area (TPSA) is 161 Å². The van der Waals surface area contributed by atoms with Crippen LogP contribution in [0.2, 0.25) is 0 Å². The Morgan fingerprint density at radius 2 is 1.16 bits per heavy atom. The molecule has 1 amide bonds. The molecule has 0 aromatic carbocycles. The Hall–Kier alpha value is -2.48. The van der Waals surface area contributed by atoms with Gasteiger partial charge < -0.3 is 29.0 Å². The molecule has 37 heavy (non-hydrogen) atoms. The van der Waals surface area contributed by atoms with Crippen LogP contribution in [0, 0.1) is 11.8 Å². The molecule has 0 aromatic heterocycles. The summed E-state index contributed by atoms with van der Waals surface area (Å²) < 4.78 is 23.1. The largest absolute Gasteiger partial charge is 0.458 e. The molecule has 0 bridgehead atoms. The summed E-state index contributed by atoms with van der Waals surface area (Å²) in [6.07, 6.45) is 0. The van der Waals surface area contributed by atoms with Crippen LogP contribution >= 0.6 is 23.5 Å². The van der Waals surface area contributed by atoms with E-state index in [0.29, 0.717) is 23.5 Å². The van der Waals surface area contributed by atoms with E-state index in [2.05, 4.69) is 5.32 Å². The summed E-state index contributed by atoms with van der Waals surface area (Å²) in [4.78, 5) is 72.6. The number of carbonyl (C=O) groups excluding carboxylic acids is 6. The van der Waals surface area contributed by atoms with Crippen molar-refractivity contribution in [3.8, 4) is 0 Å². The summed E-state index contributed by atoms with van der Waals surface area (Å²) in [5.41, 5.74) is -0.877. The van der Waals surface area contributed by atoms with Crippen LogP contribution in [0.1, 0.15) is 62.3 Å². The molecular formula is C23H37NO11S2. The second kappa shape index (κ2) is 15.7. The van der Waals surface area contributed by atoms with E-state index in [1.807, 2.05) is 0 Å². The van der Waals surface area contributed by atoms with Gasteiger partial charge in [0.05, 0.1) is 16.6 Å². The highest BCUT2D eigenvalue weighted by Gasteiger charge is 2.36. The molecule has 1 N–H and O–H groups in total. The number of hydrogen-bond donors (Lipinski definition) is 1. The standard InChI is InChI=1S/C23H37NO11S2/c1-13(2)16(25)31-11-33-20(29)36-10-15(18(27)35-22(5,6)7)24-19(28)23(8,9)37-21(30)34-12-32-17(26)14(3)4/h13-15H,10-12H2,1-9H3,(H,24,28)/t15-/m0/s1. The van der Waals surface area contributed by atoms with Gasteiger partial charge in [-0.3, -0.25) is 14.4 Å². The van der Waals surface area contributed by atoms with Gasteiger partial charge in [0.2, 0.25) is 19.5 Å². The Morgan fingerprint density at radius 3 is 1.59 bits per heavy atom. The molecule has 0 aliphatic heterocycles. The number of amides is 1. The van der Waals surface area contributed by atoms with Crippen molar-refractivity contribution in [3.63, 3.8) is 0 Å². The number of esters is 3. The summed E-state index contributed by atoms with van der Waals surface area (Å²) in [6.45, 7) is 13.0. The van der Waals surface area contributed by atoms with Crippen LogP contribution in [0.4, 0.5) is 9.59 Å². The summed E-state index contributed by atoms with van der Waals surface area (Å²) >= 11 is 1.08. The number of thioether (sulfide) groups is 2. The normalized spacial score (nSPS) is 12.4. The lowest BCUT2D eigenvalue weighted by molar-refractivity contribution is -0.158. The van der Waals surface area contributed by atoms with E-state index in [4.69, 9.17) is 23.7 Å². The molecule has 0 saturated heterocycles. The Balaban J connectivity index is 5.08. The fourth-order valence-corrected chi connectivity index (χ4v) is 3.28. The van der Waals surface area contributed by atoms with Gasteiger partial charge in [0.25, 0.3) is 0 Å². The Labute approximate surface area is 225 Å². The van der Waals surface area contributed by atoms with Crippen LogP contribution in [0.15, 0.2) is 0 Å². The van der Waals surface area contributed by atoms with E-state index < -0.39 is 76.2 Å². The van der Waals surface area contributed by atoms with Crippen molar-refractivity contribution in [2.24, 2.45) is 11.8 Å². The van der Waals surface area contributed by atoms with Crippen molar-refractivity contribution in [1.29, 1.82) is 0 Å². The minimum Gasteiger partial charge on any atom is -0.458 e. The Kier molecular flexibility index (Phi) is 14.6. The first kappa shape index (κ1) is 34.5. The van der Waals surface area contributed by atoms with Crippen LogP contribution in [-0.4, -0.2) is 70.1 Å². The first-order valence-electron chi connectivity index (χ1n) is 11.4. The van der Waals surface area contributed by atoms with E-state index in [-0.39, 0.29) is 5.75 Å². The van der Waals surface area contributed by atoms with Crippen molar-refractivity contribution in [2.75, 3.05) is 19.3 Å². The number of hydrogen-bond acceptors (Lipinski definition) is 13. The first-order chi connectivity index (χ1) is 16.9. The van der Waals surface area contributed by atoms with Gasteiger partial charge in [0.1, 0.15) is 11.6 Å². The van der Waals surface area contributed by atoms with Crippen LogP contribution in [0.5, 0.6) is 0 Å². The maximum atomic E-state index is 12.9. The van der Waals surface area contributed by atoms with Gasteiger partial charge in [-0.1, -0.05) is 27.7 Å². The van der Waals surface area contributed by atoms with E-state index in [1.54, 1.807) is 48.5 Å². The third-order valence-electron chi connectivity index (χ3n) is 3.95. The molecule has 0 saturated carbocycles. The molecule has 14 heteroatoms. The average Bonchev–Trinajstić information content (AvgIpc) is 2.74. The second-order valence-electron chi connectivity index (χ2n) is 9.74. The van der Waals surface area contributed by atoms with Crippen molar-refractivity contribution < 1.29 is 52.5 Å². The van der Waals surface area contributed by atoms with Crippen LogP contribution in [-0.2, 0) is 42.9 Å². The van der Waals surface area contributed by atoms with E-state index in [1.165, 1.54) is 13.8 Å². The predicted molar refractivity (Wildman–Crippen MR) is 136 cm³/mol. The summed E-state index contributed by atoms with van der Waals surface area (Å²) in [5.74, 6) is -3.68. The minimum absolute atomic E-state index is 0.256. The van der Waals surface area contributed by atoms with Gasteiger partial charge in [-0.2, -0.15) is 0 Å². The molecule has 0 fully saturated rings. The lowest BCUT2D eigenvalue weighted by atomic mass is 10.1. The molecule has 0 aliphatic rings. The van der Waals surface area contributed by atoms with Gasteiger partial charge >= 0.3 is 28.5 Å². The minimum atomic E-state index is -1.41. The molecule has 0 heterocycles. The summed E-state index contributed by atoms with van der Waals surface area (Å²) in [6, 6.07) is -1.27. The lowest BCUT2D eigenvalue weighted by Gasteiger charge is -2.27. The molecule has 12 nitrogen and oxygen atoms in total. The van der Waals surface area contributed by atoms with Crippen LogP contribution < -0.4 is 5.32 Å². The van der Waals surface area contributed by atoms with Gasteiger partial charge in [0.15, 0.2) is 0 Å². The Morgan fingerprint density at radius 1 is 0.703 bits per heavy atom. The highest BCUT2D eigenvalue weighted by molar-refractivity contribution is 8.15. The third-order valence-corrected chi connectivity index (χ3v) is 5.78. The SMILES string of the molecule is CC(C)C(=O)OCOC(=O)SC[C@H](NC(=O)C(C)(C)SC(=O)OCOC(=O)C(C)C)C(=O)OC(C)(C)C. The molecule has 0 aromatic rings. The highest BCUT2D eigenvalue weighted by Crippen LogP contribution is 2.27. The van der Waals surface area contributed by atoms with Crippen LogP contribution in [0.25, 0.3) is 0 Å². The molecule has 0 radical (unpaired) electrons. The monoisotopic (exact) mass is 567 g/mol. The van der Waals surface area contributed by atoms with Gasteiger partial charge in [-0.05, 0) is 58.1 Å². The zero-order valence-electron chi connectivity index (χ0n) is 22.7.